The van der Waals surface area contributed by atoms with Crippen molar-refractivity contribution in [3.8, 4) is 22.6 Å². The van der Waals surface area contributed by atoms with Gasteiger partial charge in [0.05, 0.1) is 0 Å². The van der Waals surface area contributed by atoms with E-state index in [0.717, 1.165) is 43.3 Å². The van der Waals surface area contributed by atoms with Crippen molar-refractivity contribution in [2.24, 2.45) is 0 Å². The van der Waals surface area contributed by atoms with Gasteiger partial charge in [-0.1, -0.05) is 171 Å². The van der Waals surface area contributed by atoms with Crippen molar-refractivity contribution in [2.45, 2.75) is 0 Å². The zero-order valence-corrected chi connectivity index (χ0v) is 32.2. The molecule has 8 aromatic carbocycles. The average molecular weight is 763 g/mol. The predicted octanol–water partition coefficient (Wildman–Crippen LogP) is 9.36. The standard InChI is InChI=1S/C50H36O4P2/c1-3-47(51)53-43-29-17-27-41-39(43)31-33-45(55(35-19-9-5-10-20-35)36-21-11-6-12-22-36)49(41)50-42-28-18-30-44(54-48(52)4-2)40(42)32-34-46(50)56(37-23-13-7-14-24-37)38-25-15-8-16-26-38/h3-34H,1-2H2. The SMILES string of the molecule is C=CC(=O)Oc1cccc2c(-c3c(P(c4ccccc4)c4ccccc4)ccc4c(OC(=O)C=C)cccc34)c(P(c3ccccc3)c3ccccc3)ccc12. The van der Waals surface area contributed by atoms with E-state index >= 15 is 0 Å². The highest BCUT2D eigenvalue weighted by Gasteiger charge is 2.29. The van der Waals surface area contributed by atoms with Crippen LogP contribution in [0.15, 0.2) is 207 Å². The molecule has 8 aromatic rings. The first-order chi connectivity index (χ1) is 27.6. The quantitative estimate of drug-likeness (QED) is 0.0571. The zero-order chi connectivity index (χ0) is 38.4. The van der Waals surface area contributed by atoms with Gasteiger partial charge in [-0.15, -0.1) is 0 Å². The Morgan fingerprint density at radius 1 is 0.375 bits per heavy atom. The lowest BCUT2D eigenvalue weighted by Gasteiger charge is -2.29. The number of hydrogen-bond acceptors (Lipinski definition) is 4. The van der Waals surface area contributed by atoms with E-state index in [1.165, 1.54) is 33.4 Å². The minimum atomic E-state index is -1.13. The topological polar surface area (TPSA) is 52.6 Å². The Bertz CT molecular complexity index is 2450. The van der Waals surface area contributed by atoms with Gasteiger partial charge in [-0.2, -0.15) is 0 Å². The molecule has 0 N–H and O–H groups in total. The first kappa shape index (κ1) is 36.5. The molecule has 0 aromatic heterocycles. The van der Waals surface area contributed by atoms with Crippen molar-refractivity contribution < 1.29 is 19.1 Å². The fourth-order valence-electron chi connectivity index (χ4n) is 7.17. The molecular formula is C50H36O4P2. The number of carbonyl (C=O) groups is 2. The summed E-state index contributed by atoms with van der Waals surface area (Å²) in [5, 5.41) is 10.5. The molecule has 0 saturated heterocycles. The highest BCUT2D eigenvalue weighted by Crippen LogP contribution is 2.47. The largest absolute Gasteiger partial charge is 0.423 e. The van der Waals surface area contributed by atoms with Crippen LogP contribution in [0.4, 0.5) is 0 Å². The molecule has 0 aliphatic carbocycles. The molecule has 0 bridgehead atoms. The van der Waals surface area contributed by atoms with Gasteiger partial charge in [0.1, 0.15) is 11.5 Å². The summed E-state index contributed by atoms with van der Waals surface area (Å²) in [5.41, 5.74) is 2.04. The molecule has 6 heteroatoms. The molecule has 0 fully saturated rings. The Hall–Kier alpha value is -6.44. The molecule has 0 atom stereocenters. The van der Waals surface area contributed by atoms with Crippen molar-refractivity contribution in [1.82, 2.24) is 0 Å². The van der Waals surface area contributed by atoms with Crippen LogP contribution in [0.5, 0.6) is 11.5 Å². The van der Waals surface area contributed by atoms with E-state index in [0.29, 0.717) is 11.5 Å². The molecule has 4 nitrogen and oxygen atoms in total. The van der Waals surface area contributed by atoms with Crippen LogP contribution in [-0.2, 0) is 9.59 Å². The number of benzene rings is 8. The number of ether oxygens (including phenoxy) is 2. The number of fused-ring (bicyclic) bond motifs is 2. The highest BCUT2D eigenvalue weighted by molar-refractivity contribution is 7.80. The van der Waals surface area contributed by atoms with Crippen LogP contribution in [0.25, 0.3) is 32.7 Å². The second kappa shape index (κ2) is 16.5. The third-order valence-electron chi connectivity index (χ3n) is 9.54. The van der Waals surface area contributed by atoms with E-state index < -0.39 is 27.8 Å². The lowest BCUT2D eigenvalue weighted by molar-refractivity contribution is -0.129. The van der Waals surface area contributed by atoms with Crippen molar-refractivity contribution in [3.05, 3.63) is 207 Å². The van der Waals surface area contributed by atoms with Crippen LogP contribution in [0.1, 0.15) is 0 Å². The molecule has 0 spiro atoms. The van der Waals surface area contributed by atoms with Gasteiger partial charge in [0.2, 0.25) is 0 Å². The third kappa shape index (κ3) is 7.21. The Kier molecular flexibility index (Phi) is 10.8. The zero-order valence-electron chi connectivity index (χ0n) is 30.4. The van der Waals surface area contributed by atoms with Gasteiger partial charge in [0.25, 0.3) is 0 Å². The van der Waals surface area contributed by atoms with Gasteiger partial charge in [-0.25, -0.2) is 9.59 Å². The Labute approximate surface area is 328 Å². The van der Waals surface area contributed by atoms with E-state index in [9.17, 15) is 9.59 Å². The molecule has 56 heavy (non-hydrogen) atoms. The Morgan fingerprint density at radius 3 is 1.00 bits per heavy atom. The van der Waals surface area contributed by atoms with Gasteiger partial charge in [-0.05, 0) is 93.8 Å². The molecule has 0 amide bonds. The van der Waals surface area contributed by atoms with Crippen LogP contribution in [-0.4, -0.2) is 11.9 Å². The summed E-state index contributed by atoms with van der Waals surface area (Å²) < 4.78 is 11.8. The maximum absolute atomic E-state index is 12.7. The maximum Gasteiger partial charge on any atom is 0.335 e. The number of carbonyl (C=O) groups excluding carboxylic acids is 2. The number of hydrogen-bond donors (Lipinski definition) is 0. The van der Waals surface area contributed by atoms with E-state index in [1.807, 2.05) is 48.5 Å². The lowest BCUT2D eigenvalue weighted by atomic mass is 9.93. The van der Waals surface area contributed by atoms with Gasteiger partial charge in [0.15, 0.2) is 0 Å². The second-order valence-corrected chi connectivity index (χ2v) is 17.3. The van der Waals surface area contributed by atoms with Gasteiger partial charge in [0, 0.05) is 22.9 Å². The van der Waals surface area contributed by atoms with E-state index in [4.69, 9.17) is 9.47 Å². The van der Waals surface area contributed by atoms with Gasteiger partial charge < -0.3 is 9.47 Å². The van der Waals surface area contributed by atoms with E-state index in [1.54, 1.807) is 0 Å². The summed E-state index contributed by atoms with van der Waals surface area (Å²) in [6, 6.07) is 62.8. The molecule has 270 valence electrons. The van der Waals surface area contributed by atoms with Crippen molar-refractivity contribution in [2.75, 3.05) is 0 Å². The van der Waals surface area contributed by atoms with Crippen LogP contribution >= 0.6 is 15.8 Å². The minimum absolute atomic E-state index is 0.444. The Balaban J connectivity index is 1.57. The maximum atomic E-state index is 12.7. The minimum Gasteiger partial charge on any atom is -0.423 e. The number of rotatable bonds is 11. The third-order valence-corrected chi connectivity index (χ3v) is 14.5. The summed E-state index contributed by atoms with van der Waals surface area (Å²) >= 11 is 0. The van der Waals surface area contributed by atoms with Gasteiger partial charge in [-0.3, -0.25) is 0 Å². The summed E-state index contributed by atoms with van der Waals surface area (Å²) in [4.78, 5) is 25.4. The normalized spacial score (nSPS) is 11.1. The molecular weight excluding hydrogens is 726 g/mol. The van der Waals surface area contributed by atoms with Crippen molar-refractivity contribution >= 4 is 81.2 Å². The first-order valence-corrected chi connectivity index (χ1v) is 20.8. The van der Waals surface area contributed by atoms with Crippen LogP contribution in [0.3, 0.4) is 0 Å². The van der Waals surface area contributed by atoms with Crippen LogP contribution in [0, 0.1) is 0 Å². The van der Waals surface area contributed by atoms with Crippen LogP contribution in [0.2, 0.25) is 0 Å². The predicted molar refractivity (Wildman–Crippen MR) is 236 cm³/mol. The first-order valence-electron chi connectivity index (χ1n) is 18.2. The summed E-state index contributed by atoms with van der Waals surface area (Å²) in [6.45, 7) is 7.30. The summed E-state index contributed by atoms with van der Waals surface area (Å²) in [7, 11) is -2.26. The molecule has 0 saturated carbocycles. The summed E-state index contributed by atoms with van der Waals surface area (Å²) in [5.74, 6) is -0.176. The number of esters is 2. The monoisotopic (exact) mass is 762 g/mol. The smallest absolute Gasteiger partial charge is 0.335 e. The molecule has 0 radical (unpaired) electrons. The molecule has 0 unspecified atom stereocenters. The second-order valence-electron chi connectivity index (χ2n) is 12.9. The molecule has 0 aliphatic heterocycles. The van der Waals surface area contributed by atoms with E-state index in [2.05, 4.69) is 147 Å². The van der Waals surface area contributed by atoms with Gasteiger partial charge >= 0.3 is 11.9 Å². The molecule has 0 aliphatic rings. The fourth-order valence-corrected chi connectivity index (χ4v) is 12.1. The van der Waals surface area contributed by atoms with Crippen molar-refractivity contribution in [3.63, 3.8) is 0 Å². The fraction of sp³-hybridized carbons (Fsp3) is 0. The highest BCUT2D eigenvalue weighted by atomic mass is 31.1. The van der Waals surface area contributed by atoms with Crippen LogP contribution < -0.4 is 41.3 Å². The average Bonchev–Trinajstić information content (AvgIpc) is 3.25. The van der Waals surface area contributed by atoms with Crippen molar-refractivity contribution in [1.29, 1.82) is 0 Å². The van der Waals surface area contributed by atoms with E-state index in [-0.39, 0.29) is 0 Å². The summed E-state index contributed by atoms with van der Waals surface area (Å²) in [6.07, 6.45) is 2.36. The Morgan fingerprint density at radius 2 is 0.696 bits per heavy atom. The molecule has 8 rings (SSSR count). The lowest BCUT2D eigenvalue weighted by Crippen LogP contribution is -2.26. The molecule has 0 heterocycles.